The van der Waals surface area contributed by atoms with Gasteiger partial charge in [-0.15, -0.1) is 11.8 Å². The number of carbonyl (C=O) groups is 2. The Balaban J connectivity index is 1.99. The number of anilines is 1. The van der Waals surface area contributed by atoms with E-state index in [0.717, 1.165) is 0 Å². The zero-order chi connectivity index (χ0) is 13.0. The van der Waals surface area contributed by atoms with Gasteiger partial charge in [0.05, 0.1) is 12.9 Å². The minimum atomic E-state index is -0.470. The fourth-order valence-electron chi connectivity index (χ4n) is 1.62. The molecule has 0 spiro atoms. The highest BCUT2D eigenvalue weighted by Gasteiger charge is 2.24. The number of hydrogen-bond acceptors (Lipinski definition) is 4. The fourth-order valence-corrected chi connectivity index (χ4v) is 2.48. The van der Waals surface area contributed by atoms with Crippen LogP contribution in [0.4, 0.5) is 5.69 Å². The summed E-state index contributed by atoms with van der Waals surface area (Å²) in [6, 6.07) is 6.63. The van der Waals surface area contributed by atoms with E-state index >= 15 is 0 Å². The van der Waals surface area contributed by atoms with E-state index in [-0.39, 0.29) is 11.8 Å². The summed E-state index contributed by atoms with van der Waals surface area (Å²) in [7, 11) is 1.57. The van der Waals surface area contributed by atoms with Crippen molar-refractivity contribution >= 4 is 29.3 Å². The summed E-state index contributed by atoms with van der Waals surface area (Å²) in [5.74, 6) is 1.39. The summed E-state index contributed by atoms with van der Waals surface area (Å²) in [4.78, 5) is 23.1. The summed E-state index contributed by atoms with van der Waals surface area (Å²) < 4.78 is 5.07. The van der Waals surface area contributed by atoms with Crippen LogP contribution in [0, 0.1) is 0 Å². The highest BCUT2D eigenvalue weighted by atomic mass is 32.2. The zero-order valence-corrected chi connectivity index (χ0v) is 10.8. The van der Waals surface area contributed by atoms with E-state index in [1.54, 1.807) is 31.4 Å². The van der Waals surface area contributed by atoms with Gasteiger partial charge in [0, 0.05) is 17.5 Å². The van der Waals surface area contributed by atoms with Crippen LogP contribution in [0.15, 0.2) is 24.3 Å². The van der Waals surface area contributed by atoms with E-state index in [1.807, 2.05) is 0 Å². The van der Waals surface area contributed by atoms with Crippen LogP contribution >= 0.6 is 11.8 Å². The molecular formula is C12H14N2O3S. The second-order valence-electron chi connectivity index (χ2n) is 3.86. The Morgan fingerprint density at radius 2 is 2.39 bits per heavy atom. The lowest BCUT2D eigenvalue weighted by Crippen LogP contribution is -2.49. The molecule has 0 saturated carbocycles. The Morgan fingerprint density at radius 3 is 3.11 bits per heavy atom. The monoisotopic (exact) mass is 266 g/mol. The van der Waals surface area contributed by atoms with E-state index in [1.165, 1.54) is 11.8 Å². The lowest BCUT2D eigenvalue weighted by Gasteiger charge is -2.22. The highest BCUT2D eigenvalue weighted by molar-refractivity contribution is 8.00. The van der Waals surface area contributed by atoms with E-state index < -0.39 is 6.04 Å². The van der Waals surface area contributed by atoms with E-state index in [9.17, 15) is 9.59 Å². The molecule has 0 aliphatic carbocycles. The second kappa shape index (κ2) is 5.77. The molecular weight excluding hydrogens is 252 g/mol. The molecule has 18 heavy (non-hydrogen) atoms. The van der Waals surface area contributed by atoms with Crippen molar-refractivity contribution in [3.05, 3.63) is 24.3 Å². The molecule has 2 N–H and O–H groups in total. The molecule has 1 heterocycles. The standard InChI is InChI=1S/C12H14N2O3S/c1-17-9-4-2-3-8(5-9)13-12(16)10-6-18-7-11(15)14-10/h2-5,10H,6-7H2,1H3,(H,13,16)(H,14,15). The fraction of sp³-hybridized carbons (Fsp3) is 0.333. The van der Waals surface area contributed by atoms with Crippen molar-refractivity contribution in [2.75, 3.05) is 23.9 Å². The number of hydrogen-bond donors (Lipinski definition) is 2. The third-order valence-electron chi connectivity index (χ3n) is 2.51. The molecule has 1 fully saturated rings. The van der Waals surface area contributed by atoms with Crippen molar-refractivity contribution in [1.82, 2.24) is 5.32 Å². The van der Waals surface area contributed by atoms with Gasteiger partial charge in [0.25, 0.3) is 0 Å². The quantitative estimate of drug-likeness (QED) is 0.851. The van der Waals surface area contributed by atoms with E-state index in [4.69, 9.17) is 4.74 Å². The third-order valence-corrected chi connectivity index (χ3v) is 3.54. The molecule has 1 atom stereocenters. The van der Waals surface area contributed by atoms with Crippen molar-refractivity contribution < 1.29 is 14.3 Å². The van der Waals surface area contributed by atoms with Gasteiger partial charge in [-0.1, -0.05) is 6.07 Å². The molecule has 1 aliphatic heterocycles. The molecule has 1 saturated heterocycles. The number of methoxy groups -OCH3 is 1. The van der Waals surface area contributed by atoms with Gasteiger partial charge in [-0.2, -0.15) is 0 Å². The average molecular weight is 266 g/mol. The summed E-state index contributed by atoms with van der Waals surface area (Å²) in [5.41, 5.74) is 0.657. The van der Waals surface area contributed by atoms with Crippen LogP contribution in [0.5, 0.6) is 5.75 Å². The molecule has 0 radical (unpaired) electrons. The van der Waals surface area contributed by atoms with Gasteiger partial charge < -0.3 is 15.4 Å². The Morgan fingerprint density at radius 1 is 1.56 bits per heavy atom. The van der Waals surface area contributed by atoms with Crippen LogP contribution in [-0.2, 0) is 9.59 Å². The van der Waals surface area contributed by atoms with Gasteiger partial charge in [-0.25, -0.2) is 0 Å². The van der Waals surface area contributed by atoms with Crippen molar-refractivity contribution in [1.29, 1.82) is 0 Å². The summed E-state index contributed by atoms with van der Waals surface area (Å²) in [6.45, 7) is 0. The van der Waals surface area contributed by atoms with E-state index in [2.05, 4.69) is 10.6 Å². The SMILES string of the molecule is COc1cccc(NC(=O)C2CSCC(=O)N2)c1. The molecule has 0 aromatic heterocycles. The average Bonchev–Trinajstić information content (AvgIpc) is 2.39. The normalized spacial score (nSPS) is 18.9. The lowest BCUT2D eigenvalue weighted by atomic mass is 10.2. The molecule has 2 amide bonds. The van der Waals surface area contributed by atoms with Gasteiger partial charge in [0.1, 0.15) is 11.8 Å². The number of rotatable bonds is 3. The van der Waals surface area contributed by atoms with Gasteiger partial charge in [0.15, 0.2) is 0 Å². The van der Waals surface area contributed by atoms with Crippen LogP contribution in [0.25, 0.3) is 0 Å². The summed E-state index contributed by atoms with van der Waals surface area (Å²) in [6.07, 6.45) is 0. The first kappa shape index (κ1) is 12.8. The molecule has 2 rings (SSSR count). The van der Waals surface area contributed by atoms with Crippen LogP contribution in [0.2, 0.25) is 0 Å². The Labute approximate surface area is 109 Å². The van der Waals surface area contributed by atoms with Crippen molar-refractivity contribution in [2.24, 2.45) is 0 Å². The first-order valence-corrected chi connectivity index (χ1v) is 6.66. The van der Waals surface area contributed by atoms with Crippen molar-refractivity contribution in [3.63, 3.8) is 0 Å². The van der Waals surface area contributed by atoms with Crippen molar-refractivity contribution in [2.45, 2.75) is 6.04 Å². The first-order chi connectivity index (χ1) is 8.69. The third kappa shape index (κ3) is 3.16. The number of amides is 2. The molecule has 5 nitrogen and oxygen atoms in total. The minimum Gasteiger partial charge on any atom is -0.497 e. The van der Waals surface area contributed by atoms with E-state index in [0.29, 0.717) is 22.9 Å². The Bertz CT molecular complexity index is 464. The Hall–Kier alpha value is -1.69. The molecule has 1 aromatic carbocycles. The minimum absolute atomic E-state index is 0.1000. The first-order valence-electron chi connectivity index (χ1n) is 5.51. The predicted octanol–water partition coefficient (Wildman–Crippen LogP) is 0.865. The maximum atomic E-state index is 11.9. The smallest absolute Gasteiger partial charge is 0.247 e. The number of nitrogens with one attached hydrogen (secondary N) is 2. The number of ether oxygens (including phenoxy) is 1. The second-order valence-corrected chi connectivity index (χ2v) is 4.89. The predicted molar refractivity (Wildman–Crippen MR) is 70.9 cm³/mol. The topological polar surface area (TPSA) is 67.4 Å². The molecule has 1 aliphatic rings. The van der Waals surface area contributed by atoms with Gasteiger partial charge in [-0.05, 0) is 12.1 Å². The largest absolute Gasteiger partial charge is 0.497 e. The van der Waals surface area contributed by atoms with Crippen molar-refractivity contribution in [3.8, 4) is 5.75 Å². The molecule has 0 bridgehead atoms. The highest BCUT2D eigenvalue weighted by Crippen LogP contribution is 2.17. The van der Waals surface area contributed by atoms with Crippen LogP contribution < -0.4 is 15.4 Å². The van der Waals surface area contributed by atoms with Gasteiger partial charge in [-0.3, -0.25) is 9.59 Å². The van der Waals surface area contributed by atoms with Crippen LogP contribution in [-0.4, -0.2) is 36.5 Å². The molecule has 96 valence electrons. The molecule has 1 aromatic rings. The molecule has 1 unspecified atom stereocenters. The lowest BCUT2D eigenvalue weighted by molar-refractivity contribution is -0.124. The maximum Gasteiger partial charge on any atom is 0.247 e. The maximum absolute atomic E-state index is 11.9. The Kier molecular flexibility index (Phi) is 4.09. The summed E-state index contributed by atoms with van der Waals surface area (Å²) in [5, 5.41) is 5.42. The number of thioether (sulfide) groups is 1. The number of carbonyl (C=O) groups excluding carboxylic acids is 2. The zero-order valence-electron chi connectivity index (χ0n) is 9.93. The number of benzene rings is 1. The van der Waals surface area contributed by atoms with Gasteiger partial charge in [0.2, 0.25) is 11.8 Å². The van der Waals surface area contributed by atoms with Crippen LogP contribution in [0.3, 0.4) is 0 Å². The van der Waals surface area contributed by atoms with Crippen LogP contribution in [0.1, 0.15) is 0 Å². The van der Waals surface area contributed by atoms with Gasteiger partial charge >= 0.3 is 0 Å². The molecule has 6 heteroatoms. The summed E-state index contributed by atoms with van der Waals surface area (Å²) >= 11 is 1.46.